The maximum atomic E-state index is 11.6. The lowest BCUT2D eigenvalue weighted by molar-refractivity contribution is 0.00751. The van der Waals surface area contributed by atoms with E-state index in [-0.39, 0.29) is 17.7 Å². The zero-order chi connectivity index (χ0) is 12.1. The maximum Gasteiger partial charge on any atom is 0.371 e. The van der Waals surface area contributed by atoms with Crippen LogP contribution in [0.4, 0.5) is 0 Å². The molecular weight excluding hydrogens is 240 g/mol. The summed E-state index contributed by atoms with van der Waals surface area (Å²) in [5, 5.41) is 0. The topological polar surface area (TPSA) is 105 Å². The molecule has 0 rings (SSSR count). The summed E-state index contributed by atoms with van der Waals surface area (Å²) >= 11 is 0. The summed E-state index contributed by atoms with van der Waals surface area (Å²) in [6.45, 7) is 3.11. The molecule has 0 N–H and O–H groups in total. The summed E-state index contributed by atoms with van der Waals surface area (Å²) < 4.78 is 44.4. The van der Waals surface area contributed by atoms with E-state index in [0.717, 1.165) is 0 Å². The first-order chi connectivity index (χ1) is 6.81. The van der Waals surface area contributed by atoms with Crippen molar-refractivity contribution in [2.75, 3.05) is 5.75 Å². The van der Waals surface area contributed by atoms with E-state index in [1.807, 2.05) is 0 Å². The number of hydrogen-bond donors (Lipinski definition) is 0. The fourth-order valence-electron chi connectivity index (χ4n) is 1.24. The molecular formula is C7H14N2O4S2. The van der Waals surface area contributed by atoms with Crippen molar-refractivity contribution in [1.82, 2.24) is 0 Å². The van der Waals surface area contributed by atoms with Gasteiger partial charge in [0.25, 0.3) is 9.84 Å². The molecule has 0 amide bonds. The first-order valence-corrected chi connectivity index (χ1v) is 7.77. The molecule has 0 aliphatic heterocycles. The molecule has 0 spiro atoms. The Labute approximate surface area is 89.8 Å². The van der Waals surface area contributed by atoms with Crippen LogP contribution in [0.25, 0.3) is 5.53 Å². The van der Waals surface area contributed by atoms with Gasteiger partial charge in [-0.15, -0.1) is 0 Å². The van der Waals surface area contributed by atoms with Crippen LogP contribution >= 0.6 is 0 Å². The fourth-order valence-corrected chi connectivity index (χ4v) is 5.38. The fraction of sp³-hybridized carbons (Fsp3) is 0.857. The molecule has 0 heterocycles. The van der Waals surface area contributed by atoms with E-state index in [0.29, 0.717) is 6.42 Å². The largest absolute Gasteiger partial charge is 0.371 e. The van der Waals surface area contributed by atoms with Crippen molar-refractivity contribution in [3.05, 3.63) is 5.53 Å². The molecule has 0 saturated heterocycles. The molecule has 0 aromatic rings. The SMILES string of the molecule is CCCS(=O)(=O)C(CC)S(=O)(=O)C=[N+]=[N-]. The lowest BCUT2D eigenvalue weighted by Gasteiger charge is -2.10. The average molecular weight is 254 g/mol. The van der Waals surface area contributed by atoms with Gasteiger partial charge in [0.15, 0.2) is 14.4 Å². The molecule has 0 aliphatic carbocycles. The molecule has 0 aromatic carbocycles. The first kappa shape index (κ1) is 14.3. The molecule has 0 bridgehead atoms. The van der Waals surface area contributed by atoms with E-state index in [2.05, 4.69) is 4.79 Å². The van der Waals surface area contributed by atoms with Crippen LogP contribution in [0.2, 0.25) is 0 Å². The lowest BCUT2D eigenvalue weighted by Crippen LogP contribution is -2.32. The molecule has 0 saturated carbocycles. The highest BCUT2D eigenvalue weighted by atomic mass is 32.3. The Bertz CT molecular complexity index is 445. The Morgan fingerprint density at radius 2 is 1.80 bits per heavy atom. The summed E-state index contributed by atoms with van der Waals surface area (Å²) in [6.07, 6.45) is 0.293. The Hall–Kier alpha value is -0.720. The van der Waals surface area contributed by atoms with Gasteiger partial charge in [-0.05, 0) is 12.8 Å². The van der Waals surface area contributed by atoms with Crippen LogP contribution in [0.3, 0.4) is 0 Å². The van der Waals surface area contributed by atoms with Crippen molar-refractivity contribution in [2.45, 2.75) is 31.3 Å². The quantitative estimate of drug-likeness (QED) is 0.292. The minimum atomic E-state index is -4.03. The summed E-state index contributed by atoms with van der Waals surface area (Å²) in [6, 6.07) is 0. The highest BCUT2D eigenvalue weighted by molar-refractivity contribution is 8.15. The highest BCUT2D eigenvalue weighted by Crippen LogP contribution is 2.14. The van der Waals surface area contributed by atoms with Crippen molar-refractivity contribution in [3.8, 4) is 0 Å². The monoisotopic (exact) mass is 254 g/mol. The summed E-state index contributed by atoms with van der Waals surface area (Å²) in [7, 11) is -7.72. The van der Waals surface area contributed by atoms with Crippen LogP contribution in [0.5, 0.6) is 0 Å². The van der Waals surface area contributed by atoms with Gasteiger partial charge in [0.05, 0.1) is 5.75 Å². The van der Waals surface area contributed by atoms with Crippen molar-refractivity contribution in [3.63, 3.8) is 0 Å². The number of hydrogen-bond acceptors (Lipinski definition) is 4. The minimum Gasteiger partial charge on any atom is -0.361 e. The second-order valence-corrected chi connectivity index (χ2v) is 7.57. The van der Waals surface area contributed by atoms with Gasteiger partial charge in [0.1, 0.15) is 0 Å². The van der Waals surface area contributed by atoms with E-state index in [9.17, 15) is 16.8 Å². The van der Waals surface area contributed by atoms with Gasteiger partial charge in [0, 0.05) is 0 Å². The van der Waals surface area contributed by atoms with Gasteiger partial charge in [0.2, 0.25) is 0 Å². The van der Waals surface area contributed by atoms with Gasteiger partial charge in [-0.25, -0.2) is 16.8 Å². The molecule has 0 fully saturated rings. The van der Waals surface area contributed by atoms with E-state index >= 15 is 0 Å². The summed E-state index contributed by atoms with van der Waals surface area (Å²) in [5.41, 5.74) is 8.41. The Kier molecular flexibility index (Phi) is 5.13. The molecule has 0 radical (unpaired) electrons. The van der Waals surface area contributed by atoms with Crippen molar-refractivity contribution in [2.24, 2.45) is 0 Å². The van der Waals surface area contributed by atoms with Crippen LogP contribution in [-0.2, 0) is 19.7 Å². The number of nitrogens with zero attached hydrogens (tertiary/aromatic N) is 2. The standard InChI is InChI=1S/C7H14N2O4S2/c1-3-5-14(10,11)7(4-2)15(12,13)6-9-8/h6-7H,3-5H2,1-2H3. The Morgan fingerprint density at radius 3 is 2.13 bits per heavy atom. The number of rotatable bonds is 6. The molecule has 8 heteroatoms. The van der Waals surface area contributed by atoms with Crippen LogP contribution in [0.1, 0.15) is 26.7 Å². The molecule has 0 aromatic heterocycles. The first-order valence-electron chi connectivity index (χ1n) is 4.44. The molecule has 6 nitrogen and oxygen atoms in total. The van der Waals surface area contributed by atoms with Crippen LogP contribution in [0.15, 0.2) is 0 Å². The van der Waals surface area contributed by atoms with Crippen molar-refractivity contribution >= 4 is 25.2 Å². The molecule has 0 aliphatic rings. The predicted octanol–water partition coefficient (Wildman–Crippen LogP) is 0.220. The second kappa shape index (κ2) is 5.39. The van der Waals surface area contributed by atoms with Gasteiger partial charge in [-0.3, -0.25) is 0 Å². The van der Waals surface area contributed by atoms with E-state index in [4.69, 9.17) is 5.53 Å². The third kappa shape index (κ3) is 3.73. The van der Waals surface area contributed by atoms with Gasteiger partial charge >= 0.3 is 5.55 Å². The zero-order valence-electron chi connectivity index (χ0n) is 8.62. The molecule has 1 unspecified atom stereocenters. The molecule has 15 heavy (non-hydrogen) atoms. The molecule has 1 atom stereocenters. The van der Waals surface area contributed by atoms with E-state index < -0.39 is 24.3 Å². The van der Waals surface area contributed by atoms with Gasteiger partial charge in [-0.1, -0.05) is 13.8 Å². The third-order valence-electron chi connectivity index (χ3n) is 1.78. The maximum absolute atomic E-state index is 11.6. The minimum absolute atomic E-state index is 0.0588. The Balaban J connectivity index is 5.37. The highest BCUT2D eigenvalue weighted by Gasteiger charge is 2.36. The molecule has 88 valence electrons. The van der Waals surface area contributed by atoms with Crippen molar-refractivity contribution < 1.29 is 21.6 Å². The van der Waals surface area contributed by atoms with Gasteiger partial charge < -0.3 is 5.53 Å². The van der Waals surface area contributed by atoms with Crippen molar-refractivity contribution in [1.29, 1.82) is 0 Å². The van der Waals surface area contributed by atoms with E-state index in [1.54, 1.807) is 6.92 Å². The van der Waals surface area contributed by atoms with Crippen LogP contribution in [0, 0.1) is 0 Å². The number of sulfone groups is 2. The van der Waals surface area contributed by atoms with Crippen LogP contribution < -0.4 is 0 Å². The second-order valence-electron chi connectivity index (χ2n) is 3.01. The summed E-state index contributed by atoms with van der Waals surface area (Å²) in [4.78, 5) is 2.37. The smallest absolute Gasteiger partial charge is 0.361 e. The average Bonchev–Trinajstić information content (AvgIpc) is 2.02. The normalized spacial score (nSPS) is 14.3. The van der Waals surface area contributed by atoms with Gasteiger partial charge in [-0.2, -0.15) is 4.79 Å². The Morgan fingerprint density at radius 1 is 1.27 bits per heavy atom. The lowest BCUT2D eigenvalue weighted by atomic mass is 10.6. The predicted molar refractivity (Wildman–Crippen MR) is 56.8 cm³/mol. The third-order valence-corrected chi connectivity index (χ3v) is 7.03. The van der Waals surface area contributed by atoms with E-state index in [1.165, 1.54) is 6.92 Å². The van der Waals surface area contributed by atoms with Crippen LogP contribution in [-0.4, -0.2) is 37.5 Å². The summed E-state index contributed by atoms with van der Waals surface area (Å²) in [5.74, 6) is -0.190. The zero-order valence-corrected chi connectivity index (χ0v) is 10.3.